The molecule has 0 aromatic heterocycles. The van der Waals surface area contributed by atoms with Crippen LogP contribution in [0.2, 0.25) is 0 Å². The van der Waals surface area contributed by atoms with E-state index in [0.717, 1.165) is 32.4 Å². The van der Waals surface area contributed by atoms with Gasteiger partial charge in [0.1, 0.15) is 6.23 Å². The van der Waals surface area contributed by atoms with Gasteiger partial charge in [-0.2, -0.15) is 0 Å². The topological polar surface area (TPSA) is 59.6 Å². The standard InChI is InChI=1S/C23H48N2O3/c1-8-10-12-21(16-25-20(6)27-7)19(5)17-28-15-14-24-23(26)22(18(3)4)13-11-9-2/h18-22,25H,8-17H2,1-7H3,(H,24,26)/t19?,20?,21-,22+/m1/s1. The molecule has 168 valence electrons. The Morgan fingerprint density at radius 1 is 1.00 bits per heavy atom. The van der Waals surface area contributed by atoms with E-state index in [4.69, 9.17) is 9.47 Å². The summed E-state index contributed by atoms with van der Waals surface area (Å²) in [7, 11) is 1.73. The molecule has 2 N–H and O–H groups in total. The summed E-state index contributed by atoms with van der Waals surface area (Å²) in [4.78, 5) is 12.4. The van der Waals surface area contributed by atoms with E-state index in [1.54, 1.807) is 7.11 Å². The Kier molecular flexibility index (Phi) is 16.8. The molecule has 0 heterocycles. The molecule has 0 aromatic rings. The second-order valence-corrected chi connectivity index (χ2v) is 8.52. The Hall–Kier alpha value is -0.650. The van der Waals surface area contributed by atoms with Gasteiger partial charge in [0.05, 0.1) is 6.61 Å². The van der Waals surface area contributed by atoms with Crippen molar-refractivity contribution < 1.29 is 14.3 Å². The van der Waals surface area contributed by atoms with Gasteiger partial charge >= 0.3 is 0 Å². The zero-order valence-corrected chi connectivity index (χ0v) is 19.7. The molecule has 0 rings (SSSR count). The highest BCUT2D eigenvalue weighted by Gasteiger charge is 2.21. The lowest BCUT2D eigenvalue weighted by Gasteiger charge is -2.26. The van der Waals surface area contributed by atoms with Gasteiger partial charge in [-0.1, -0.05) is 60.3 Å². The van der Waals surface area contributed by atoms with Crippen molar-refractivity contribution >= 4 is 5.91 Å². The average molecular weight is 401 g/mol. The molecule has 5 heteroatoms. The lowest BCUT2D eigenvalue weighted by atomic mass is 9.89. The number of unbranched alkanes of at least 4 members (excludes halogenated alkanes) is 2. The Morgan fingerprint density at radius 2 is 1.64 bits per heavy atom. The number of hydrogen-bond acceptors (Lipinski definition) is 4. The van der Waals surface area contributed by atoms with Gasteiger partial charge in [-0.25, -0.2) is 0 Å². The third-order valence-corrected chi connectivity index (χ3v) is 5.69. The number of amides is 1. The second kappa shape index (κ2) is 17.2. The number of ether oxygens (including phenoxy) is 2. The molecule has 0 aliphatic heterocycles. The summed E-state index contributed by atoms with van der Waals surface area (Å²) >= 11 is 0. The van der Waals surface area contributed by atoms with Crippen LogP contribution in [0.5, 0.6) is 0 Å². The van der Waals surface area contributed by atoms with Crippen LogP contribution in [0, 0.1) is 23.7 Å². The van der Waals surface area contributed by atoms with Crippen molar-refractivity contribution in [1.82, 2.24) is 10.6 Å². The van der Waals surface area contributed by atoms with E-state index in [0.29, 0.717) is 30.9 Å². The summed E-state index contributed by atoms with van der Waals surface area (Å²) < 4.78 is 11.2. The number of nitrogens with one attached hydrogen (secondary N) is 2. The van der Waals surface area contributed by atoms with E-state index in [9.17, 15) is 4.79 Å². The zero-order valence-electron chi connectivity index (χ0n) is 19.7. The average Bonchev–Trinajstić information content (AvgIpc) is 2.67. The van der Waals surface area contributed by atoms with Crippen LogP contribution in [0.1, 0.15) is 80.1 Å². The molecule has 0 aromatic carbocycles. The Balaban J connectivity index is 4.19. The molecule has 1 amide bonds. The molecule has 0 radical (unpaired) electrons. The van der Waals surface area contributed by atoms with Crippen molar-refractivity contribution in [2.75, 3.05) is 33.4 Å². The van der Waals surface area contributed by atoms with Gasteiger partial charge in [0.25, 0.3) is 0 Å². The predicted molar refractivity (Wildman–Crippen MR) is 118 cm³/mol. The van der Waals surface area contributed by atoms with E-state index in [-0.39, 0.29) is 18.1 Å². The molecule has 0 fully saturated rings. The first kappa shape index (κ1) is 27.4. The van der Waals surface area contributed by atoms with Crippen molar-refractivity contribution in [3.8, 4) is 0 Å². The molecule has 0 spiro atoms. The fraction of sp³-hybridized carbons (Fsp3) is 0.957. The summed E-state index contributed by atoms with van der Waals surface area (Å²) in [6, 6.07) is 0. The SMILES string of the molecule is CCCC[C@H](CNC(C)OC)C(C)COCCNC(=O)[C@@H](CCCC)C(C)C. The van der Waals surface area contributed by atoms with E-state index in [1.165, 1.54) is 19.3 Å². The number of rotatable bonds is 18. The van der Waals surface area contributed by atoms with E-state index < -0.39 is 0 Å². The predicted octanol–water partition coefficient (Wildman–Crippen LogP) is 4.61. The van der Waals surface area contributed by atoms with Crippen LogP contribution >= 0.6 is 0 Å². The van der Waals surface area contributed by atoms with Gasteiger partial charge in [-0.3, -0.25) is 10.1 Å². The highest BCUT2D eigenvalue weighted by Crippen LogP contribution is 2.19. The van der Waals surface area contributed by atoms with Crippen molar-refractivity contribution in [3.63, 3.8) is 0 Å². The summed E-state index contributed by atoms with van der Waals surface area (Å²) in [5, 5.41) is 6.51. The van der Waals surface area contributed by atoms with Gasteiger partial charge in [-0.05, 0) is 37.5 Å². The Labute approximate surface area is 174 Å². The molecular formula is C23H48N2O3. The van der Waals surface area contributed by atoms with Crippen LogP contribution in [-0.2, 0) is 14.3 Å². The second-order valence-electron chi connectivity index (χ2n) is 8.52. The van der Waals surface area contributed by atoms with Gasteiger partial charge in [-0.15, -0.1) is 0 Å². The maximum atomic E-state index is 12.4. The number of carbonyl (C=O) groups is 1. The van der Waals surface area contributed by atoms with Gasteiger partial charge in [0, 0.05) is 32.7 Å². The summed E-state index contributed by atoms with van der Waals surface area (Å²) in [6.07, 6.45) is 6.95. The fourth-order valence-corrected chi connectivity index (χ4v) is 3.43. The maximum Gasteiger partial charge on any atom is 0.223 e. The molecular weight excluding hydrogens is 352 g/mol. The van der Waals surface area contributed by atoms with E-state index in [2.05, 4.69) is 45.3 Å². The summed E-state index contributed by atoms with van der Waals surface area (Å²) in [5.41, 5.74) is 0. The highest BCUT2D eigenvalue weighted by atomic mass is 16.5. The Morgan fingerprint density at radius 3 is 2.21 bits per heavy atom. The number of carbonyl (C=O) groups excluding carboxylic acids is 1. The van der Waals surface area contributed by atoms with Crippen molar-refractivity contribution in [2.45, 2.75) is 86.3 Å². The minimum Gasteiger partial charge on any atom is -0.379 e. The van der Waals surface area contributed by atoms with Crippen LogP contribution in [-0.4, -0.2) is 45.5 Å². The molecule has 0 saturated heterocycles. The summed E-state index contributed by atoms with van der Waals surface area (Å²) in [5.74, 6) is 1.73. The van der Waals surface area contributed by atoms with Crippen molar-refractivity contribution in [1.29, 1.82) is 0 Å². The van der Waals surface area contributed by atoms with Crippen LogP contribution in [0.25, 0.3) is 0 Å². The van der Waals surface area contributed by atoms with E-state index >= 15 is 0 Å². The highest BCUT2D eigenvalue weighted by molar-refractivity contribution is 5.78. The van der Waals surface area contributed by atoms with Crippen molar-refractivity contribution in [2.24, 2.45) is 23.7 Å². The first-order valence-corrected chi connectivity index (χ1v) is 11.5. The van der Waals surface area contributed by atoms with Crippen LogP contribution in [0.3, 0.4) is 0 Å². The van der Waals surface area contributed by atoms with Crippen LogP contribution in [0.15, 0.2) is 0 Å². The van der Waals surface area contributed by atoms with Crippen molar-refractivity contribution in [3.05, 3.63) is 0 Å². The lowest BCUT2D eigenvalue weighted by molar-refractivity contribution is -0.126. The van der Waals surface area contributed by atoms with Gasteiger partial charge in [0.2, 0.25) is 5.91 Å². The minimum atomic E-state index is 0.0778. The Bertz CT molecular complexity index is 377. The molecule has 0 aliphatic carbocycles. The molecule has 0 aliphatic rings. The fourth-order valence-electron chi connectivity index (χ4n) is 3.43. The smallest absolute Gasteiger partial charge is 0.223 e. The monoisotopic (exact) mass is 400 g/mol. The quantitative estimate of drug-likeness (QED) is 0.261. The first-order valence-electron chi connectivity index (χ1n) is 11.5. The largest absolute Gasteiger partial charge is 0.379 e. The number of methoxy groups -OCH3 is 1. The minimum absolute atomic E-state index is 0.0778. The molecule has 0 saturated carbocycles. The lowest BCUT2D eigenvalue weighted by Crippen LogP contribution is -2.37. The summed E-state index contributed by atoms with van der Waals surface area (Å²) in [6.45, 7) is 15.8. The first-order chi connectivity index (χ1) is 13.4. The third kappa shape index (κ3) is 12.7. The molecule has 2 unspecified atom stereocenters. The van der Waals surface area contributed by atoms with E-state index in [1.807, 2.05) is 6.92 Å². The normalized spacial score (nSPS) is 16.0. The van der Waals surface area contributed by atoms with Gasteiger partial charge < -0.3 is 14.8 Å². The van der Waals surface area contributed by atoms with Gasteiger partial charge in [0.15, 0.2) is 0 Å². The zero-order chi connectivity index (χ0) is 21.4. The molecule has 5 nitrogen and oxygen atoms in total. The molecule has 28 heavy (non-hydrogen) atoms. The molecule has 0 bridgehead atoms. The number of hydrogen-bond donors (Lipinski definition) is 2. The van der Waals surface area contributed by atoms with Crippen LogP contribution in [0.4, 0.5) is 0 Å². The van der Waals surface area contributed by atoms with Crippen LogP contribution < -0.4 is 10.6 Å². The third-order valence-electron chi connectivity index (χ3n) is 5.69. The maximum absolute atomic E-state index is 12.4. The molecule has 4 atom stereocenters.